The molecule has 6 heteroatoms. The molecular weight excluding hydrogens is 258 g/mol. The Morgan fingerprint density at radius 2 is 2.20 bits per heavy atom. The molecule has 0 aliphatic carbocycles. The van der Waals surface area contributed by atoms with Gasteiger partial charge in [-0.15, -0.1) is 0 Å². The molecule has 1 aliphatic heterocycles. The van der Waals surface area contributed by atoms with Gasteiger partial charge in [0.1, 0.15) is 12.1 Å². The van der Waals surface area contributed by atoms with Gasteiger partial charge in [-0.3, -0.25) is 4.79 Å². The van der Waals surface area contributed by atoms with Crippen molar-refractivity contribution in [2.75, 3.05) is 25.7 Å². The second-order valence-corrected chi connectivity index (χ2v) is 4.95. The van der Waals surface area contributed by atoms with Crippen LogP contribution >= 0.6 is 0 Å². The van der Waals surface area contributed by atoms with Gasteiger partial charge in [0.15, 0.2) is 0 Å². The second-order valence-electron chi connectivity index (χ2n) is 4.95. The van der Waals surface area contributed by atoms with Crippen molar-refractivity contribution < 1.29 is 14.3 Å². The van der Waals surface area contributed by atoms with Crippen molar-refractivity contribution >= 4 is 11.8 Å². The quantitative estimate of drug-likeness (QED) is 0.782. The number of anilines is 1. The maximum atomic E-state index is 11.6. The summed E-state index contributed by atoms with van der Waals surface area (Å²) in [5.41, 5.74) is 0.909. The minimum Gasteiger partial charge on any atom is -0.481 e. The number of esters is 1. The van der Waals surface area contributed by atoms with Crippen LogP contribution in [0.25, 0.3) is 0 Å². The smallest absolute Gasteiger partial charge is 0.307 e. The van der Waals surface area contributed by atoms with Crippen molar-refractivity contribution in [3.8, 4) is 5.88 Å². The van der Waals surface area contributed by atoms with Crippen molar-refractivity contribution in [2.45, 2.75) is 38.6 Å². The van der Waals surface area contributed by atoms with E-state index in [1.807, 2.05) is 6.92 Å². The number of nitrogens with zero attached hydrogens (tertiary/aromatic N) is 3. The molecule has 6 nitrogen and oxygen atoms in total. The summed E-state index contributed by atoms with van der Waals surface area (Å²) >= 11 is 0. The fourth-order valence-corrected chi connectivity index (χ4v) is 2.69. The number of piperidine rings is 1. The van der Waals surface area contributed by atoms with Gasteiger partial charge in [-0.1, -0.05) is 0 Å². The molecule has 2 rings (SSSR count). The van der Waals surface area contributed by atoms with Crippen LogP contribution in [0.15, 0.2) is 6.33 Å². The third-order valence-corrected chi connectivity index (χ3v) is 3.73. The van der Waals surface area contributed by atoms with Gasteiger partial charge in [0, 0.05) is 12.6 Å². The van der Waals surface area contributed by atoms with E-state index in [4.69, 9.17) is 9.47 Å². The number of carbonyl (C=O) groups is 1. The van der Waals surface area contributed by atoms with Crippen molar-refractivity contribution in [1.82, 2.24) is 9.97 Å². The highest BCUT2D eigenvalue weighted by Gasteiger charge is 2.28. The second kappa shape index (κ2) is 6.54. The van der Waals surface area contributed by atoms with Gasteiger partial charge in [-0.05, 0) is 26.2 Å². The molecule has 1 aromatic heterocycles. The number of methoxy groups -OCH3 is 2. The van der Waals surface area contributed by atoms with Gasteiger partial charge in [0.05, 0.1) is 26.2 Å². The zero-order chi connectivity index (χ0) is 14.5. The molecule has 1 aromatic rings. The minimum absolute atomic E-state index is 0.134. The molecule has 0 spiro atoms. The average molecular weight is 279 g/mol. The van der Waals surface area contributed by atoms with Crippen LogP contribution in [0, 0.1) is 6.92 Å². The maximum absolute atomic E-state index is 11.6. The minimum atomic E-state index is -0.180. The molecule has 1 unspecified atom stereocenters. The predicted molar refractivity (Wildman–Crippen MR) is 74.9 cm³/mol. The van der Waals surface area contributed by atoms with Gasteiger partial charge in [-0.2, -0.15) is 0 Å². The Kier molecular flexibility index (Phi) is 4.76. The van der Waals surface area contributed by atoms with Gasteiger partial charge >= 0.3 is 5.97 Å². The summed E-state index contributed by atoms with van der Waals surface area (Å²) in [6, 6.07) is 0.134. The van der Waals surface area contributed by atoms with Crippen LogP contribution < -0.4 is 9.64 Å². The summed E-state index contributed by atoms with van der Waals surface area (Å²) in [6.45, 7) is 2.83. The average Bonchev–Trinajstić information content (AvgIpc) is 2.48. The zero-order valence-electron chi connectivity index (χ0n) is 12.3. The summed E-state index contributed by atoms with van der Waals surface area (Å²) in [6.07, 6.45) is 5.09. The summed E-state index contributed by atoms with van der Waals surface area (Å²) in [5, 5.41) is 0. The lowest BCUT2D eigenvalue weighted by Crippen LogP contribution is -2.42. The largest absolute Gasteiger partial charge is 0.481 e. The Morgan fingerprint density at radius 1 is 1.40 bits per heavy atom. The first kappa shape index (κ1) is 14.6. The molecule has 110 valence electrons. The van der Waals surface area contributed by atoms with Crippen LogP contribution in [0.3, 0.4) is 0 Å². The Bertz CT molecular complexity index is 479. The van der Waals surface area contributed by atoms with Gasteiger partial charge in [-0.25, -0.2) is 9.97 Å². The molecule has 0 amide bonds. The van der Waals surface area contributed by atoms with E-state index in [2.05, 4.69) is 14.9 Å². The highest BCUT2D eigenvalue weighted by atomic mass is 16.5. The van der Waals surface area contributed by atoms with E-state index >= 15 is 0 Å². The van der Waals surface area contributed by atoms with E-state index in [0.717, 1.165) is 37.2 Å². The van der Waals surface area contributed by atoms with Crippen LogP contribution in [0.2, 0.25) is 0 Å². The molecule has 1 fully saturated rings. The van der Waals surface area contributed by atoms with E-state index in [1.54, 1.807) is 7.11 Å². The molecule has 0 saturated carbocycles. The first-order valence-corrected chi connectivity index (χ1v) is 6.86. The van der Waals surface area contributed by atoms with Crippen molar-refractivity contribution in [1.29, 1.82) is 0 Å². The molecule has 1 aliphatic rings. The van der Waals surface area contributed by atoms with E-state index < -0.39 is 0 Å². The van der Waals surface area contributed by atoms with Crippen molar-refractivity contribution in [3.05, 3.63) is 11.9 Å². The highest BCUT2D eigenvalue weighted by Crippen LogP contribution is 2.30. The highest BCUT2D eigenvalue weighted by molar-refractivity contribution is 5.71. The van der Waals surface area contributed by atoms with Crippen LogP contribution in [-0.4, -0.2) is 42.7 Å². The zero-order valence-corrected chi connectivity index (χ0v) is 12.3. The summed E-state index contributed by atoms with van der Waals surface area (Å²) in [5.74, 6) is 1.25. The van der Waals surface area contributed by atoms with Crippen LogP contribution in [-0.2, 0) is 9.53 Å². The monoisotopic (exact) mass is 279 g/mol. The molecule has 0 bridgehead atoms. The Hall–Kier alpha value is -1.85. The Labute approximate surface area is 119 Å². The molecular formula is C14H21N3O3. The molecule has 1 saturated heterocycles. The molecule has 0 N–H and O–H groups in total. The number of hydrogen-bond acceptors (Lipinski definition) is 6. The number of rotatable bonds is 4. The SMILES string of the molecule is COC(=O)CC1CCCCN1c1ncnc(OC)c1C. The fraction of sp³-hybridized carbons (Fsp3) is 0.643. The fourth-order valence-electron chi connectivity index (χ4n) is 2.69. The maximum Gasteiger partial charge on any atom is 0.307 e. The normalized spacial score (nSPS) is 18.8. The Balaban J connectivity index is 2.25. The number of carbonyl (C=O) groups excluding carboxylic acids is 1. The van der Waals surface area contributed by atoms with Crippen LogP contribution in [0.5, 0.6) is 5.88 Å². The third-order valence-electron chi connectivity index (χ3n) is 3.73. The standard InChI is InChI=1S/C14H21N3O3/c1-10-13(15-9-16-14(10)20-3)17-7-5-4-6-11(17)8-12(18)19-2/h9,11H,4-8H2,1-3H3. The number of hydrogen-bond donors (Lipinski definition) is 0. The number of ether oxygens (including phenoxy) is 2. The lowest BCUT2D eigenvalue weighted by molar-refractivity contribution is -0.141. The summed E-state index contributed by atoms with van der Waals surface area (Å²) in [7, 11) is 3.02. The Morgan fingerprint density at radius 3 is 2.90 bits per heavy atom. The van der Waals surface area contributed by atoms with Crippen LogP contribution in [0.1, 0.15) is 31.2 Å². The molecule has 0 radical (unpaired) electrons. The lowest BCUT2D eigenvalue weighted by atomic mass is 9.99. The summed E-state index contributed by atoms with van der Waals surface area (Å²) < 4.78 is 10.0. The molecule has 0 aromatic carbocycles. The van der Waals surface area contributed by atoms with Crippen LogP contribution in [0.4, 0.5) is 5.82 Å². The molecule has 2 heterocycles. The molecule has 1 atom stereocenters. The van der Waals surface area contributed by atoms with Gasteiger partial charge in [0.2, 0.25) is 5.88 Å². The first-order chi connectivity index (χ1) is 9.67. The third kappa shape index (κ3) is 3.00. The van der Waals surface area contributed by atoms with Crippen molar-refractivity contribution in [2.24, 2.45) is 0 Å². The lowest BCUT2D eigenvalue weighted by Gasteiger charge is -2.36. The van der Waals surface area contributed by atoms with E-state index in [-0.39, 0.29) is 12.0 Å². The number of aromatic nitrogens is 2. The summed E-state index contributed by atoms with van der Waals surface area (Å²) in [4.78, 5) is 22.2. The van der Waals surface area contributed by atoms with Crippen molar-refractivity contribution in [3.63, 3.8) is 0 Å². The van der Waals surface area contributed by atoms with E-state index in [9.17, 15) is 4.79 Å². The first-order valence-electron chi connectivity index (χ1n) is 6.86. The van der Waals surface area contributed by atoms with E-state index in [1.165, 1.54) is 13.4 Å². The van der Waals surface area contributed by atoms with Gasteiger partial charge < -0.3 is 14.4 Å². The van der Waals surface area contributed by atoms with Gasteiger partial charge in [0.25, 0.3) is 0 Å². The molecule has 20 heavy (non-hydrogen) atoms. The topological polar surface area (TPSA) is 64.5 Å². The predicted octanol–water partition coefficient (Wildman–Crippen LogP) is 1.72. The van der Waals surface area contributed by atoms with E-state index in [0.29, 0.717) is 12.3 Å².